The number of aromatic nitrogens is 6. The van der Waals surface area contributed by atoms with Gasteiger partial charge < -0.3 is 4.57 Å². The largest absolute Gasteiger partial charge is 0.317 e. The standard InChI is InChI=1S/C17H27N7/c1-11(2)15-18-16(21-20-15)13-6-4-5-9-24(13)10-14-19-22-17(23(14)3)12-7-8-12/h11-13H,4-10H2,1-3H3,(H,18,20,21). The smallest absolute Gasteiger partial charge is 0.153 e. The first-order valence-electron chi connectivity index (χ1n) is 9.18. The van der Waals surface area contributed by atoms with Crippen molar-refractivity contribution in [3.05, 3.63) is 23.3 Å². The molecule has 0 bridgehead atoms. The molecule has 1 aliphatic carbocycles. The molecule has 2 aromatic rings. The van der Waals surface area contributed by atoms with Gasteiger partial charge in [-0.25, -0.2) is 4.98 Å². The van der Waals surface area contributed by atoms with Crippen molar-refractivity contribution in [3.63, 3.8) is 0 Å². The summed E-state index contributed by atoms with van der Waals surface area (Å²) in [7, 11) is 2.10. The maximum atomic E-state index is 4.74. The molecule has 2 aromatic heterocycles. The quantitative estimate of drug-likeness (QED) is 0.912. The Kier molecular flexibility index (Phi) is 4.12. The minimum Gasteiger partial charge on any atom is -0.317 e. The van der Waals surface area contributed by atoms with Crippen LogP contribution in [0.15, 0.2) is 0 Å². The van der Waals surface area contributed by atoms with E-state index in [4.69, 9.17) is 4.98 Å². The molecule has 3 heterocycles. The van der Waals surface area contributed by atoms with E-state index in [0.29, 0.717) is 17.9 Å². The summed E-state index contributed by atoms with van der Waals surface area (Å²) in [4.78, 5) is 7.22. The van der Waals surface area contributed by atoms with Gasteiger partial charge in [-0.1, -0.05) is 20.3 Å². The lowest BCUT2D eigenvalue weighted by Crippen LogP contribution is -2.34. The highest BCUT2D eigenvalue weighted by molar-refractivity contribution is 5.08. The summed E-state index contributed by atoms with van der Waals surface area (Å²) in [6, 6.07) is 0.305. The summed E-state index contributed by atoms with van der Waals surface area (Å²) in [5.41, 5.74) is 0. The van der Waals surface area contributed by atoms with Gasteiger partial charge in [-0.05, 0) is 32.2 Å². The van der Waals surface area contributed by atoms with Gasteiger partial charge in [0, 0.05) is 18.9 Å². The molecule has 7 nitrogen and oxygen atoms in total. The van der Waals surface area contributed by atoms with Gasteiger partial charge in [-0.3, -0.25) is 10.00 Å². The highest BCUT2D eigenvalue weighted by Crippen LogP contribution is 2.39. The van der Waals surface area contributed by atoms with Crippen LogP contribution in [0.3, 0.4) is 0 Å². The lowest BCUT2D eigenvalue weighted by atomic mass is 10.0. The van der Waals surface area contributed by atoms with Crippen LogP contribution in [0.4, 0.5) is 0 Å². The highest BCUT2D eigenvalue weighted by atomic mass is 15.3. The summed E-state index contributed by atoms with van der Waals surface area (Å²) in [5, 5.41) is 16.4. The third-order valence-electron chi connectivity index (χ3n) is 5.25. The van der Waals surface area contributed by atoms with E-state index in [9.17, 15) is 0 Å². The summed E-state index contributed by atoms with van der Waals surface area (Å²) >= 11 is 0. The van der Waals surface area contributed by atoms with Gasteiger partial charge in [0.15, 0.2) is 5.82 Å². The third-order valence-corrected chi connectivity index (χ3v) is 5.25. The Morgan fingerprint density at radius 3 is 2.71 bits per heavy atom. The maximum Gasteiger partial charge on any atom is 0.153 e. The van der Waals surface area contributed by atoms with E-state index in [-0.39, 0.29) is 0 Å². The molecule has 0 aromatic carbocycles. The molecule has 24 heavy (non-hydrogen) atoms. The predicted octanol–water partition coefficient (Wildman–Crippen LogP) is 2.66. The molecule has 1 N–H and O–H groups in total. The van der Waals surface area contributed by atoms with Crippen molar-refractivity contribution in [2.24, 2.45) is 7.05 Å². The second-order valence-corrected chi connectivity index (χ2v) is 7.52. The number of hydrogen-bond acceptors (Lipinski definition) is 5. The minimum absolute atomic E-state index is 0.305. The Balaban J connectivity index is 1.53. The zero-order valence-corrected chi connectivity index (χ0v) is 14.9. The molecule has 1 aliphatic heterocycles. The highest BCUT2D eigenvalue weighted by Gasteiger charge is 2.31. The van der Waals surface area contributed by atoms with E-state index in [1.54, 1.807) is 0 Å². The van der Waals surface area contributed by atoms with Crippen LogP contribution in [0.5, 0.6) is 0 Å². The van der Waals surface area contributed by atoms with Crippen molar-refractivity contribution in [3.8, 4) is 0 Å². The zero-order valence-electron chi connectivity index (χ0n) is 14.9. The van der Waals surface area contributed by atoms with Gasteiger partial charge in [0.2, 0.25) is 0 Å². The topological polar surface area (TPSA) is 75.5 Å². The molecule has 4 rings (SSSR count). The fourth-order valence-electron chi connectivity index (χ4n) is 3.58. The summed E-state index contributed by atoms with van der Waals surface area (Å²) in [6.07, 6.45) is 6.11. The Hall–Kier alpha value is -1.76. The summed E-state index contributed by atoms with van der Waals surface area (Å²) in [6.45, 7) is 6.17. The Morgan fingerprint density at radius 2 is 2.00 bits per heavy atom. The van der Waals surface area contributed by atoms with Gasteiger partial charge in [-0.15, -0.1) is 10.2 Å². The van der Waals surface area contributed by atoms with E-state index in [0.717, 1.165) is 42.8 Å². The van der Waals surface area contributed by atoms with Crippen LogP contribution in [-0.4, -0.2) is 41.4 Å². The van der Waals surface area contributed by atoms with Gasteiger partial charge in [0.1, 0.15) is 17.5 Å². The van der Waals surface area contributed by atoms with Crippen molar-refractivity contribution in [2.45, 2.75) is 70.4 Å². The average molecular weight is 329 g/mol. The fraction of sp³-hybridized carbons (Fsp3) is 0.765. The molecule has 1 unspecified atom stereocenters. The van der Waals surface area contributed by atoms with E-state index in [2.05, 4.69) is 50.8 Å². The summed E-state index contributed by atoms with van der Waals surface area (Å²) < 4.78 is 2.20. The molecule has 0 spiro atoms. The van der Waals surface area contributed by atoms with Crippen LogP contribution < -0.4 is 0 Å². The summed E-state index contributed by atoms with van der Waals surface area (Å²) in [5.74, 6) is 5.11. The number of H-pyrrole nitrogens is 1. The van der Waals surface area contributed by atoms with Gasteiger partial charge in [-0.2, -0.15) is 5.10 Å². The Labute approximate surface area is 142 Å². The zero-order chi connectivity index (χ0) is 16.7. The number of likely N-dealkylation sites (tertiary alicyclic amines) is 1. The van der Waals surface area contributed by atoms with Gasteiger partial charge in [0.25, 0.3) is 0 Å². The molecule has 0 radical (unpaired) electrons. The van der Waals surface area contributed by atoms with Crippen LogP contribution in [0.2, 0.25) is 0 Å². The minimum atomic E-state index is 0.305. The van der Waals surface area contributed by atoms with Crippen LogP contribution >= 0.6 is 0 Å². The molecule has 1 saturated carbocycles. The van der Waals surface area contributed by atoms with E-state index in [1.807, 2.05) is 0 Å². The molecule has 1 saturated heterocycles. The lowest BCUT2D eigenvalue weighted by Gasteiger charge is -2.33. The average Bonchev–Trinajstić information content (AvgIpc) is 3.17. The predicted molar refractivity (Wildman–Crippen MR) is 90.5 cm³/mol. The first kappa shape index (κ1) is 15.7. The van der Waals surface area contributed by atoms with Gasteiger partial charge in [0.05, 0.1) is 12.6 Å². The van der Waals surface area contributed by atoms with Crippen molar-refractivity contribution in [2.75, 3.05) is 6.54 Å². The first-order chi connectivity index (χ1) is 11.6. The van der Waals surface area contributed by atoms with Crippen LogP contribution in [0, 0.1) is 0 Å². The molecular formula is C17H27N7. The maximum absolute atomic E-state index is 4.74. The van der Waals surface area contributed by atoms with Crippen LogP contribution in [-0.2, 0) is 13.6 Å². The van der Waals surface area contributed by atoms with Crippen molar-refractivity contribution >= 4 is 0 Å². The fourth-order valence-corrected chi connectivity index (χ4v) is 3.58. The second-order valence-electron chi connectivity index (χ2n) is 7.52. The molecule has 1 atom stereocenters. The van der Waals surface area contributed by atoms with Crippen LogP contribution in [0.25, 0.3) is 0 Å². The second kappa shape index (κ2) is 6.27. The van der Waals surface area contributed by atoms with Crippen molar-refractivity contribution < 1.29 is 0 Å². The Morgan fingerprint density at radius 1 is 1.17 bits per heavy atom. The monoisotopic (exact) mass is 329 g/mol. The van der Waals surface area contributed by atoms with Crippen LogP contribution in [0.1, 0.15) is 87.1 Å². The SMILES string of the molecule is CC(C)c1n[nH]c(C2CCCCN2Cc2nnc(C3CC3)n2C)n1. The number of piperidine rings is 1. The molecule has 0 amide bonds. The number of hydrogen-bond donors (Lipinski definition) is 1. The lowest BCUT2D eigenvalue weighted by molar-refractivity contribution is 0.129. The third kappa shape index (κ3) is 2.97. The first-order valence-corrected chi connectivity index (χ1v) is 9.18. The Bertz CT molecular complexity index is 698. The molecular weight excluding hydrogens is 302 g/mol. The number of nitrogens with zero attached hydrogens (tertiary/aromatic N) is 6. The molecule has 2 aliphatic rings. The molecule has 130 valence electrons. The van der Waals surface area contributed by atoms with Gasteiger partial charge >= 0.3 is 0 Å². The normalized spacial score (nSPS) is 22.4. The molecule has 2 fully saturated rings. The van der Waals surface area contributed by atoms with Crippen molar-refractivity contribution in [1.29, 1.82) is 0 Å². The van der Waals surface area contributed by atoms with Crippen molar-refractivity contribution in [1.82, 2.24) is 34.8 Å². The van der Waals surface area contributed by atoms with E-state index < -0.39 is 0 Å². The number of rotatable bonds is 5. The van der Waals surface area contributed by atoms with E-state index in [1.165, 1.54) is 25.7 Å². The number of nitrogens with one attached hydrogen (secondary N) is 1. The van der Waals surface area contributed by atoms with E-state index >= 15 is 0 Å². The number of aromatic amines is 1. The molecule has 7 heteroatoms.